The molecule has 0 aliphatic carbocycles. The highest BCUT2D eigenvalue weighted by Gasteiger charge is 2.17. The minimum atomic E-state index is -1.07. The van der Waals surface area contributed by atoms with Crippen LogP contribution in [-0.4, -0.2) is 13.1 Å². The van der Waals surface area contributed by atoms with Gasteiger partial charge in [0.25, 0.3) is 0 Å². The van der Waals surface area contributed by atoms with E-state index < -0.39 is 8.07 Å². The molecule has 0 N–H and O–H groups in total. The molecule has 1 nitrogen and oxygen atoms in total. The third-order valence-corrected chi connectivity index (χ3v) is 6.16. The van der Waals surface area contributed by atoms with Gasteiger partial charge in [-0.15, -0.1) is 0 Å². The molecule has 0 bridgehead atoms. The smallest absolute Gasteiger partial charge is 0.0740 e. The summed E-state index contributed by atoms with van der Waals surface area (Å²) in [7, 11) is -1.07. The fourth-order valence-electron chi connectivity index (χ4n) is 3.06. The normalized spacial score (nSPS) is 11.8. The first kappa shape index (κ1) is 15.9. The number of nitrogens with zero attached hydrogens (tertiary/aromatic N) is 1. The fraction of sp³-hybridized carbons (Fsp3) is 0.286. The van der Waals surface area contributed by atoms with Crippen molar-refractivity contribution in [2.24, 2.45) is 0 Å². The molecule has 0 atom stereocenters. The zero-order valence-corrected chi connectivity index (χ0v) is 15.6. The highest BCUT2D eigenvalue weighted by molar-refractivity contribution is 6.76. The maximum absolute atomic E-state index is 4.72. The zero-order chi connectivity index (χ0) is 16.4. The summed E-state index contributed by atoms with van der Waals surface area (Å²) < 4.78 is 0. The van der Waals surface area contributed by atoms with E-state index in [1.54, 1.807) is 0 Å². The Balaban J connectivity index is 2.20. The van der Waals surface area contributed by atoms with Gasteiger partial charge in [0.2, 0.25) is 0 Å². The van der Waals surface area contributed by atoms with Crippen molar-refractivity contribution in [2.75, 3.05) is 0 Å². The molecule has 2 heteroatoms. The summed E-state index contributed by atoms with van der Waals surface area (Å²) in [5.74, 6) is 0. The van der Waals surface area contributed by atoms with Gasteiger partial charge in [0, 0.05) is 19.8 Å². The van der Waals surface area contributed by atoms with Gasteiger partial charge in [0.1, 0.15) is 0 Å². The van der Waals surface area contributed by atoms with Crippen LogP contribution >= 0.6 is 0 Å². The highest BCUT2D eigenvalue weighted by atomic mass is 28.3. The molecule has 0 spiro atoms. The Bertz CT molecular complexity index is 831. The molecule has 0 aliphatic heterocycles. The molecule has 3 rings (SSSR count). The van der Waals surface area contributed by atoms with Gasteiger partial charge in [-0.3, -0.25) is 4.98 Å². The predicted molar refractivity (Wildman–Crippen MR) is 104 cm³/mol. The van der Waals surface area contributed by atoms with Crippen LogP contribution in [0.5, 0.6) is 0 Å². The Labute approximate surface area is 140 Å². The quantitative estimate of drug-likeness (QED) is 0.530. The molecule has 3 aromatic rings. The van der Waals surface area contributed by atoms with E-state index in [-0.39, 0.29) is 0 Å². The topological polar surface area (TPSA) is 12.9 Å². The van der Waals surface area contributed by atoms with Gasteiger partial charge in [0.05, 0.1) is 5.69 Å². The number of hydrogen-bond donors (Lipinski definition) is 0. The third kappa shape index (κ3) is 3.53. The first-order valence-electron chi connectivity index (χ1n) is 8.38. The van der Waals surface area contributed by atoms with Crippen molar-refractivity contribution in [1.82, 2.24) is 4.98 Å². The Kier molecular flexibility index (Phi) is 4.36. The fourth-order valence-corrected chi connectivity index (χ4v) is 4.08. The van der Waals surface area contributed by atoms with Crippen LogP contribution in [-0.2, 0) is 6.42 Å². The van der Waals surface area contributed by atoms with Crippen LogP contribution in [0.1, 0.15) is 11.1 Å². The molecule has 0 saturated heterocycles. The second-order valence-electron chi connectivity index (χ2n) is 7.55. The van der Waals surface area contributed by atoms with Crippen molar-refractivity contribution in [3.63, 3.8) is 0 Å². The Hall–Kier alpha value is -1.93. The molecule has 0 unspecified atom stereocenters. The number of rotatable bonds is 4. The van der Waals surface area contributed by atoms with Crippen LogP contribution < -0.4 is 0 Å². The Morgan fingerprint density at radius 3 is 2.43 bits per heavy atom. The average molecular weight is 320 g/mol. The van der Waals surface area contributed by atoms with Crippen molar-refractivity contribution < 1.29 is 0 Å². The van der Waals surface area contributed by atoms with Crippen molar-refractivity contribution in [1.29, 1.82) is 0 Å². The highest BCUT2D eigenvalue weighted by Crippen LogP contribution is 2.34. The number of benzene rings is 2. The minimum Gasteiger partial charge on any atom is -0.256 e. The van der Waals surface area contributed by atoms with Gasteiger partial charge >= 0.3 is 0 Å². The summed E-state index contributed by atoms with van der Waals surface area (Å²) in [4.78, 5) is 4.72. The number of pyridine rings is 1. The van der Waals surface area contributed by atoms with Crippen molar-refractivity contribution in [2.45, 2.75) is 39.0 Å². The summed E-state index contributed by atoms with van der Waals surface area (Å²) in [5, 5.41) is 2.62. The molecule has 118 valence electrons. The van der Waals surface area contributed by atoms with E-state index in [9.17, 15) is 0 Å². The van der Waals surface area contributed by atoms with Crippen LogP contribution in [0.3, 0.4) is 0 Å². The van der Waals surface area contributed by atoms with E-state index in [1.165, 1.54) is 33.5 Å². The zero-order valence-electron chi connectivity index (χ0n) is 14.6. The number of aromatic nitrogens is 1. The van der Waals surface area contributed by atoms with E-state index in [4.69, 9.17) is 4.98 Å². The molecular weight excluding hydrogens is 294 g/mol. The maximum atomic E-state index is 4.72. The van der Waals surface area contributed by atoms with Crippen molar-refractivity contribution in [3.05, 3.63) is 65.9 Å². The molecule has 23 heavy (non-hydrogen) atoms. The summed E-state index contributed by atoms with van der Waals surface area (Å²) in [6, 6.07) is 18.7. The van der Waals surface area contributed by atoms with Crippen LogP contribution in [0, 0.1) is 6.92 Å². The Morgan fingerprint density at radius 1 is 0.913 bits per heavy atom. The van der Waals surface area contributed by atoms with Gasteiger partial charge in [-0.05, 0) is 41.3 Å². The number of aryl methyl sites for hydroxylation is 2. The SMILES string of the molecule is Cc1cccnc1-c1c(CC[Si](C)(C)C)ccc2ccccc12. The molecule has 0 aliphatic rings. The molecule has 1 heterocycles. The monoisotopic (exact) mass is 319 g/mol. The van der Waals surface area contributed by atoms with Crippen LogP contribution in [0.25, 0.3) is 22.0 Å². The summed E-state index contributed by atoms with van der Waals surface area (Å²) >= 11 is 0. The molecule has 0 amide bonds. The largest absolute Gasteiger partial charge is 0.256 e. The van der Waals surface area contributed by atoms with Gasteiger partial charge in [-0.1, -0.05) is 68.1 Å². The van der Waals surface area contributed by atoms with Crippen LogP contribution in [0.2, 0.25) is 25.7 Å². The lowest BCUT2D eigenvalue weighted by molar-refractivity contribution is 1.09. The van der Waals surface area contributed by atoms with Gasteiger partial charge in [-0.25, -0.2) is 0 Å². The molecule has 0 fully saturated rings. The summed E-state index contributed by atoms with van der Waals surface area (Å²) in [5.41, 5.74) is 5.15. The maximum Gasteiger partial charge on any atom is 0.0740 e. The predicted octanol–water partition coefficient (Wildman–Crippen LogP) is 6.09. The average Bonchev–Trinajstić information content (AvgIpc) is 2.52. The second-order valence-corrected chi connectivity index (χ2v) is 13.2. The first-order valence-corrected chi connectivity index (χ1v) is 12.1. The number of fused-ring (bicyclic) bond motifs is 1. The van der Waals surface area contributed by atoms with E-state index in [1.807, 2.05) is 12.3 Å². The van der Waals surface area contributed by atoms with Gasteiger partial charge in [-0.2, -0.15) is 0 Å². The van der Waals surface area contributed by atoms with Crippen molar-refractivity contribution >= 4 is 18.8 Å². The summed E-state index contributed by atoms with van der Waals surface area (Å²) in [6.07, 6.45) is 3.05. The Morgan fingerprint density at radius 2 is 1.70 bits per heavy atom. The van der Waals surface area contributed by atoms with E-state index in [0.717, 1.165) is 12.1 Å². The molecule has 1 aromatic heterocycles. The first-order chi connectivity index (χ1) is 11.0. The van der Waals surface area contributed by atoms with Crippen LogP contribution in [0.4, 0.5) is 0 Å². The molecular formula is C21H25NSi. The second kappa shape index (κ2) is 6.29. The lowest BCUT2D eigenvalue weighted by Crippen LogP contribution is -2.20. The van der Waals surface area contributed by atoms with Gasteiger partial charge in [0.15, 0.2) is 0 Å². The third-order valence-electron chi connectivity index (χ3n) is 4.41. The van der Waals surface area contributed by atoms with Crippen LogP contribution in [0.15, 0.2) is 54.7 Å². The molecule has 2 aromatic carbocycles. The molecule has 0 saturated carbocycles. The van der Waals surface area contributed by atoms with Gasteiger partial charge < -0.3 is 0 Å². The lowest BCUT2D eigenvalue weighted by Gasteiger charge is -2.19. The molecule has 0 radical (unpaired) electrons. The standard InChI is InChI=1S/C21H25NSi/c1-16-8-7-14-22-21(16)20-18(13-15-23(2,3)4)12-11-17-9-5-6-10-19(17)20/h5-12,14H,13,15H2,1-4H3. The van der Waals surface area contributed by atoms with E-state index in [0.29, 0.717) is 0 Å². The van der Waals surface area contributed by atoms with Crippen molar-refractivity contribution in [3.8, 4) is 11.3 Å². The van der Waals surface area contributed by atoms with E-state index >= 15 is 0 Å². The minimum absolute atomic E-state index is 1.07. The number of hydrogen-bond acceptors (Lipinski definition) is 1. The lowest BCUT2D eigenvalue weighted by atomic mass is 9.93. The van der Waals surface area contributed by atoms with E-state index in [2.05, 4.69) is 69.0 Å². The summed E-state index contributed by atoms with van der Waals surface area (Å²) in [6.45, 7) is 9.49.